The summed E-state index contributed by atoms with van der Waals surface area (Å²) in [6.07, 6.45) is 0.921. The molecule has 0 aromatic carbocycles. The largest absolute Gasteiger partial charge is 0.394 e. The van der Waals surface area contributed by atoms with Gasteiger partial charge in [-0.05, 0) is 6.92 Å². The maximum atomic E-state index is 12.3. The van der Waals surface area contributed by atoms with Gasteiger partial charge in [0.15, 0.2) is 0 Å². The van der Waals surface area contributed by atoms with Crippen molar-refractivity contribution in [3.8, 4) is 0 Å². The van der Waals surface area contributed by atoms with Crippen LogP contribution in [-0.4, -0.2) is 37.7 Å². The average molecular weight is 285 g/mol. The Kier molecular flexibility index (Phi) is 4.67. The highest BCUT2D eigenvalue weighted by molar-refractivity contribution is 5.34. The zero-order valence-corrected chi connectivity index (χ0v) is 11.1. The lowest BCUT2D eigenvalue weighted by atomic mass is 10.2. The quantitative estimate of drug-likeness (QED) is 0.803. The number of aliphatic hydroxyl groups is 1. The monoisotopic (exact) mass is 285 g/mol. The first-order valence-electron chi connectivity index (χ1n) is 6.27. The standard InChI is InChI=1S/C12H17F2N5O/c1-9-10(7-16-19(9)8-11(13)14)6-15-12-2-3-18(17-12)4-5-20/h2-3,7,11,20H,4-6,8H2,1H3,(H,15,17). The van der Waals surface area contributed by atoms with Gasteiger partial charge in [-0.3, -0.25) is 9.36 Å². The Hall–Kier alpha value is -1.96. The molecule has 0 saturated heterocycles. The third-order valence-electron chi connectivity index (χ3n) is 2.95. The van der Waals surface area contributed by atoms with Gasteiger partial charge in [0.05, 0.1) is 19.3 Å². The summed E-state index contributed by atoms with van der Waals surface area (Å²) in [4.78, 5) is 0. The van der Waals surface area contributed by atoms with E-state index in [1.54, 1.807) is 30.1 Å². The number of rotatable bonds is 7. The van der Waals surface area contributed by atoms with Crippen LogP contribution in [0.5, 0.6) is 0 Å². The second kappa shape index (κ2) is 6.47. The molecule has 20 heavy (non-hydrogen) atoms. The summed E-state index contributed by atoms with van der Waals surface area (Å²) >= 11 is 0. The number of alkyl halides is 2. The normalized spacial score (nSPS) is 11.2. The third kappa shape index (κ3) is 3.53. The summed E-state index contributed by atoms with van der Waals surface area (Å²) in [5.74, 6) is 0.666. The molecule has 2 N–H and O–H groups in total. The molecular weight excluding hydrogens is 268 g/mol. The SMILES string of the molecule is Cc1c(CNc2ccn(CCO)n2)cnn1CC(F)F. The fraction of sp³-hybridized carbons (Fsp3) is 0.500. The van der Waals surface area contributed by atoms with Crippen LogP contribution in [-0.2, 0) is 19.6 Å². The maximum Gasteiger partial charge on any atom is 0.257 e. The van der Waals surface area contributed by atoms with E-state index in [4.69, 9.17) is 5.11 Å². The molecule has 0 atom stereocenters. The van der Waals surface area contributed by atoms with Crippen molar-refractivity contribution in [2.75, 3.05) is 11.9 Å². The molecule has 0 fully saturated rings. The van der Waals surface area contributed by atoms with Gasteiger partial charge >= 0.3 is 0 Å². The lowest BCUT2D eigenvalue weighted by molar-refractivity contribution is 0.121. The molecule has 0 aliphatic heterocycles. The first kappa shape index (κ1) is 14.4. The van der Waals surface area contributed by atoms with Gasteiger partial charge in [-0.2, -0.15) is 10.2 Å². The Labute approximate surface area is 115 Å². The van der Waals surface area contributed by atoms with E-state index in [0.29, 0.717) is 24.6 Å². The molecule has 6 nitrogen and oxygen atoms in total. The zero-order chi connectivity index (χ0) is 14.5. The van der Waals surface area contributed by atoms with Crippen LogP contribution in [0.3, 0.4) is 0 Å². The van der Waals surface area contributed by atoms with Crippen LogP contribution in [0.15, 0.2) is 18.5 Å². The highest BCUT2D eigenvalue weighted by Crippen LogP contribution is 2.12. The van der Waals surface area contributed by atoms with E-state index in [9.17, 15) is 8.78 Å². The number of anilines is 1. The van der Waals surface area contributed by atoms with Crippen molar-refractivity contribution in [2.45, 2.75) is 33.0 Å². The van der Waals surface area contributed by atoms with Crippen LogP contribution < -0.4 is 5.32 Å². The summed E-state index contributed by atoms with van der Waals surface area (Å²) in [6.45, 7) is 2.30. The maximum absolute atomic E-state index is 12.3. The fourth-order valence-corrected chi connectivity index (χ4v) is 1.84. The third-order valence-corrected chi connectivity index (χ3v) is 2.95. The van der Waals surface area contributed by atoms with Crippen LogP contribution in [0.2, 0.25) is 0 Å². The molecular formula is C12H17F2N5O. The molecule has 0 saturated carbocycles. The Morgan fingerprint density at radius 3 is 2.95 bits per heavy atom. The van der Waals surface area contributed by atoms with Gasteiger partial charge in [-0.1, -0.05) is 0 Å². The molecule has 0 bridgehead atoms. The molecule has 2 rings (SSSR count). The highest BCUT2D eigenvalue weighted by Gasteiger charge is 2.11. The first-order valence-corrected chi connectivity index (χ1v) is 6.27. The molecule has 2 aromatic rings. The summed E-state index contributed by atoms with van der Waals surface area (Å²) in [6, 6.07) is 1.79. The second-order valence-corrected chi connectivity index (χ2v) is 4.37. The minimum Gasteiger partial charge on any atom is -0.394 e. The van der Waals surface area contributed by atoms with E-state index in [1.807, 2.05) is 0 Å². The highest BCUT2D eigenvalue weighted by atomic mass is 19.3. The molecule has 110 valence electrons. The predicted octanol–water partition coefficient (Wildman–Crippen LogP) is 1.26. The van der Waals surface area contributed by atoms with Crippen molar-refractivity contribution in [2.24, 2.45) is 0 Å². The minimum absolute atomic E-state index is 0.0284. The van der Waals surface area contributed by atoms with Crippen LogP contribution >= 0.6 is 0 Å². The molecule has 0 unspecified atom stereocenters. The average Bonchev–Trinajstić information content (AvgIpc) is 2.96. The first-order chi connectivity index (χ1) is 9.60. The Morgan fingerprint density at radius 2 is 2.25 bits per heavy atom. The predicted molar refractivity (Wildman–Crippen MR) is 69.6 cm³/mol. The van der Waals surface area contributed by atoms with Crippen LogP contribution in [0.4, 0.5) is 14.6 Å². The molecule has 0 radical (unpaired) electrons. The van der Waals surface area contributed by atoms with Gasteiger partial charge in [0.2, 0.25) is 0 Å². The molecule has 0 aliphatic rings. The van der Waals surface area contributed by atoms with Crippen molar-refractivity contribution in [3.63, 3.8) is 0 Å². The van der Waals surface area contributed by atoms with E-state index in [-0.39, 0.29) is 6.61 Å². The van der Waals surface area contributed by atoms with Crippen molar-refractivity contribution < 1.29 is 13.9 Å². The number of hydrogen-bond donors (Lipinski definition) is 2. The van der Waals surface area contributed by atoms with Gasteiger partial charge in [0.25, 0.3) is 6.43 Å². The Morgan fingerprint density at radius 1 is 1.45 bits per heavy atom. The topological polar surface area (TPSA) is 67.9 Å². The van der Waals surface area contributed by atoms with Gasteiger partial charge in [0, 0.05) is 30.1 Å². The van der Waals surface area contributed by atoms with Gasteiger partial charge < -0.3 is 10.4 Å². The smallest absolute Gasteiger partial charge is 0.257 e. The number of halogens is 2. The summed E-state index contributed by atoms with van der Waals surface area (Å²) in [5.41, 5.74) is 1.56. The van der Waals surface area contributed by atoms with Crippen LogP contribution in [0.1, 0.15) is 11.3 Å². The van der Waals surface area contributed by atoms with Crippen molar-refractivity contribution in [1.82, 2.24) is 19.6 Å². The van der Waals surface area contributed by atoms with Crippen LogP contribution in [0.25, 0.3) is 0 Å². The Bertz CT molecular complexity index is 552. The number of aliphatic hydroxyl groups excluding tert-OH is 1. The molecule has 2 heterocycles. The van der Waals surface area contributed by atoms with E-state index in [2.05, 4.69) is 15.5 Å². The summed E-state index contributed by atoms with van der Waals surface area (Å²) in [7, 11) is 0. The van der Waals surface area contributed by atoms with Gasteiger partial charge in [-0.25, -0.2) is 8.78 Å². The van der Waals surface area contributed by atoms with Crippen LogP contribution in [0, 0.1) is 6.92 Å². The number of nitrogens with zero attached hydrogens (tertiary/aromatic N) is 4. The summed E-state index contributed by atoms with van der Waals surface area (Å²) in [5, 5.41) is 20.0. The van der Waals surface area contributed by atoms with Gasteiger partial charge in [-0.15, -0.1) is 0 Å². The van der Waals surface area contributed by atoms with E-state index >= 15 is 0 Å². The van der Waals surface area contributed by atoms with Gasteiger partial charge in [0.1, 0.15) is 12.4 Å². The van der Waals surface area contributed by atoms with E-state index in [0.717, 1.165) is 5.56 Å². The minimum atomic E-state index is -2.41. The zero-order valence-electron chi connectivity index (χ0n) is 11.1. The lowest BCUT2D eigenvalue weighted by Gasteiger charge is -2.05. The van der Waals surface area contributed by atoms with Crippen molar-refractivity contribution in [3.05, 3.63) is 29.7 Å². The molecule has 0 aliphatic carbocycles. The number of aromatic nitrogens is 4. The van der Waals surface area contributed by atoms with Crippen molar-refractivity contribution >= 4 is 5.82 Å². The molecule has 0 amide bonds. The molecule has 8 heteroatoms. The Balaban J connectivity index is 1.94. The molecule has 0 spiro atoms. The summed E-state index contributed by atoms with van der Waals surface area (Å²) < 4.78 is 27.6. The lowest BCUT2D eigenvalue weighted by Crippen LogP contribution is -2.10. The van der Waals surface area contributed by atoms with Crippen molar-refractivity contribution in [1.29, 1.82) is 0 Å². The molecule has 2 aromatic heterocycles. The van der Waals surface area contributed by atoms with E-state index in [1.165, 1.54) is 4.68 Å². The number of nitrogens with one attached hydrogen (secondary N) is 1. The fourth-order valence-electron chi connectivity index (χ4n) is 1.84. The second-order valence-electron chi connectivity index (χ2n) is 4.37. The van der Waals surface area contributed by atoms with E-state index < -0.39 is 13.0 Å². The number of hydrogen-bond acceptors (Lipinski definition) is 4.